The summed E-state index contributed by atoms with van der Waals surface area (Å²) in [6.45, 7) is 0. The summed E-state index contributed by atoms with van der Waals surface area (Å²) in [6, 6.07) is 4.17. The van der Waals surface area contributed by atoms with Gasteiger partial charge in [0.2, 0.25) is 0 Å². The van der Waals surface area contributed by atoms with Crippen LogP contribution < -0.4 is 11.2 Å². The zero-order valence-electron chi connectivity index (χ0n) is 12.1. The topological polar surface area (TPSA) is 96.0 Å². The number of halogens is 1. The van der Waals surface area contributed by atoms with Crippen molar-refractivity contribution in [2.45, 2.75) is 4.90 Å². The molecule has 10 heteroatoms. The zero-order chi connectivity index (χ0) is 16.9. The summed E-state index contributed by atoms with van der Waals surface area (Å²) in [5.41, 5.74) is -1.71. The third kappa shape index (κ3) is 2.10. The molecule has 3 rings (SSSR count). The zero-order valence-corrected chi connectivity index (χ0v) is 12.9. The predicted molar refractivity (Wildman–Crippen MR) is 79.2 cm³/mol. The third-order valence-electron chi connectivity index (χ3n) is 3.49. The molecule has 0 fully saturated rings. The molecule has 0 amide bonds. The van der Waals surface area contributed by atoms with Gasteiger partial charge in [-0.1, -0.05) is 0 Å². The lowest BCUT2D eigenvalue weighted by atomic mass is 10.4. The summed E-state index contributed by atoms with van der Waals surface area (Å²) < 4.78 is 40.8. The van der Waals surface area contributed by atoms with E-state index in [1.54, 1.807) is 0 Å². The van der Waals surface area contributed by atoms with Crippen LogP contribution in [-0.4, -0.2) is 26.5 Å². The van der Waals surface area contributed by atoms with Crippen molar-refractivity contribution in [2.75, 3.05) is 0 Å². The molecule has 0 aliphatic carbocycles. The Morgan fingerprint density at radius 2 is 1.65 bits per heavy atom. The largest absolute Gasteiger partial charge is 0.332 e. The van der Waals surface area contributed by atoms with Gasteiger partial charge >= 0.3 is 5.69 Å². The third-order valence-corrected chi connectivity index (χ3v) is 5.15. The molecule has 0 bridgehead atoms. The predicted octanol–water partition coefficient (Wildman–Crippen LogP) is -0.190. The Kier molecular flexibility index (Phi) is 3.22. The molecule has 2 heterocycles. The molecule has 2 aromatic heterocycles. The van der Waals surface area contributed by atoms with Gasteiger partial charge < -0.3 is 0 Å². The fourth-order valence-electron chi connectivity index (χ4n) is 2.22. The average Bonchev–Trinajstić information content (AvgIpc) is 2.97. The molecule has 0 radical (unpaired) electrons. The highest BCUT2D eigenvalue weighted by molar-refractivity contribution is 7.90. The quantitative estimate of drug-likeness (QED) is 0.645. The fourth-order valence-corrected chi connectivity index (χ4v) is 3.50. The van der Waals surface area contributed by atoms with E-state index in [0.29, 0.717) is 3.97 Å². The number of aryl methyl sites for hydroxylation is 1. The minimum absolute atomic E-state index is 0.0520. The standard InChI is InChI=1S/C13H11FN4O4S/c1-16-11-10(12(19)17(2)13(16)20)18(7-15-11)23(21,22)9-5-3-8(14)4-6-9/h3-7H,1-2H3. The van der Waals surface area contributed by atoms with Gasteiger partial charge in [-0.2, -0.15) is 0 Å². The molecule has 120 valence electrons. The van der Waals surface area contributed by atoms with Gasteiger partial charge in [-0.3, -0.25) is 13.9 Å². The number of nitrogens with zero attached hydrogens (tertiary/aromatic N) is 4. The van der Waals surface area contributed by atoms with Gasteiger partial charge in [0, 0.05) is 14.1 Å². The summed E-state index contributed by atoms with van der Waals surface area (Å²) in [4.78, 5) is 27.8. The maximum absolute atomic E-state index is 13.0. The fraction of sp³-hybridized carbons (Fsp3) is 0.154. The lowest BCUT2D eigenvalue weighted by Gasteiger charge is -2.08. The van der Waals surface area contributed by atoms with Crippen LogP contribution in [0.3, 0.4) is 0 Å². The number of benzene rings is 1. The van der Waals surface area contributed by atoms with Crippen molar-refractivity contribution in [2.24, 2.45) is 14.1 Å². The molecule has 0 saturated heterocycles. The first-order chi connectivity index (χ1) is 10.7. The van der Waals surface area contributed by atoms with Crippen LogP contribution in [0.15, 0.2) is 45.1 Å². The summed E-state index contributed by atoms with van der Waals surface area (Å²) in [6.07, 6.45) is 0.949. The highest BCUT2D eigenvalue weighted by atomic mass is 32.2. The summed E-state index contributed by atoms with van der Waals surface area (Å²) in [5.74, 6) is -0.585. The van der Waals surface area contributed by atoms with Gasteiger partial charge in [0.1, 0.15) is 12.1 Å². The van der Waals surface area contributed by atoms with E-state index in [-0.39, 0.29) is 16.1 Å². The highest BCUT2D eigenvalue weighted by Gasteiger charge is 2.24. The Morgan fingerprint density at radius 3 is 2.26 bits per heavy atom. The van der Waals surface area contributed by atoms with Crippen LogP contribution in [0, 0.1) is 5.82 Å². The molecular formula is C13H11FN4O4S. The van der Waals surface area contributed by atoms with Gasteiger partial charge in [0.25, 0.3) is 15.6 Å². The van der Waals surface area contributed by atoms with E-state index in [1.807, 2.05) is 0 Å². The van der Waals surface area contributed by atoms with Crippen molar-refractivity contribution < 1.29 is 12.8 Å². The van der Waals surface area contributed by atoms with Crippen LogP contribution in [0.5, 0.6) is 0 Å². The second kappa shape index (κ2) is 4.88. The van der Waals surface area contributed by atoms with Crippen molar-refractivity contribution in [1.82, 2.24) is 18.1 Å². The Morgan fingerprint density at radius 1 is 1.04 bits per heavy atom. The highest BCUT2D eigenvalue weighted by Crippen LogP contribution is 2.17. The van der Waals surface area contributed by atoms with Crippen molar-refractivity contribution in [3.05, 3.63) is 57.2 Å². The minimum Gasteiger partial charge on any atom is -0.279 e. The summed E-state index contributed by atoms with van der Waals surface area (Å²) >= 11 is 0. The van der Waals surface area contributed by atoms with E-state index >= 15 is 0 Å². The van der Waals surface area contributed by atoms with Gasteiger partial charge in [-0.25, -0.2) is 26.6 Å². The smallest absolute Gasteiger partial charge is 0.279 e. The van der Waals surface area contributed by atoms with E-state index in [0.717, 1.165) is 39.7 Å². The molecule has 0 unspecified atom stereocenters. The minimum atomic E-state index is -4.15. The van der Waals surface area contributed by atoms with Crippen molar-refractivity contribution in [3.8, 4) is 0 Å². The SMILES string of the molecule is Cn1c(=O)c2c(ncn2S(=O)(=O)c2ccc(F)cc2)n(C)c1=O. The van der Waals surface area contributed by atoms with Crippen LogP contribution in [0.2, 0.25) is 0 Å². The van der Waals surface area contributed by atoms with E-state index < -0.39 is 27.1 Å². The van der Waals surface area contributed by atoms with E-state index in [1.165, 1.54) is 14.1 Å². The molecule has 1 aromatic carbocycles. The molecule has 8 nitrogen and oxygen atoms in total. The maximum Gasteiger partial charge on any atom is 0.332 e. The number of rotatable bonds is 2. The first-order valence-corrected chi connectivity index (χ1v) is 7.83. The molecular weight excluding hydrogens is 327 g/mol. The summed E-state index contributed by atoms with van der Waals surface area (Å²) in [7, 11) is -1.53. The molecule has 3 aromatic rings. The second-order valence-electron chi connectivity index (χ2n) is 4.88. The Labute approximate surface area is 129 Å². The molecule has 0 spiro atoms. The lowest BCUT2D eigenvalue weighted by molar-refractivity contribution is 0.587. The monoisotopic (exact) mass is 338 g/mol. The Hall–Kier alpha value is -2.75. The first kappa shape index (κ1) is 15.2. The van der Waals surface area contributed by atoms with Crippen LogP contribution in [0.4, 0.5) is 4.39 Å². The Bertz CT molecular complexity index is 1140. The summed E-state index contributed by atoms with van der Waals surface area (Å²) in [5, 5.41) is 0. The van der Waals surface area contributed by atoms with Crippen LogP contribution in [0.1, 0.15) is 0 Å². The molecule has 0 atom stereocenters. The van der Waals surface area contributed by atoms with Crippen LogP contribution in [0.25, 0.3) is 11.2 Å². The van der Waals surface area contributed by atoms with Gasteiger partial charge in [0.05, 0.1) is 4.90 Å². The van der Waals surface area contributed by atoms with Crippen molar-refractivity contribution in [1.29, 1.82) is 0 Å². The molecule has 0 saturated carbocycles. The van der Waals surface area contributed by atoms with E-state index in [2.05, 4.69) is 4.98 Å². The molecule has 0 aliphatic heterocycles. The molecule has 0 N–H and O–H groups in total. The van der Waals surface area contributed by atoms with E-state index in [4.69, 9.17) is 0 Å². The number of hydrogen-bond acceptors (Lipinski definition) is 5. The Balaban J connectivity index is 2.40. The first-order valence-electron chi connectivity index (χ1n) is 6.39. The average molecular weight is 338 g/mol. The van der Waals surface area contributed by atoms with E-state index in [9.17, 15) is 22.4 Å². The number of hydrogen-bond donors (Lipinski definition) is 0. The number of fused-ring (bicyclic) bond motifs is 1. The lowest BCUT2D eigenvalue weighted by Crippen LogP contribution is -2.38. The maximum atomic E-state index is 13.0. The number of aromatic nitrogens is 4. The molecule has 23 heavy (non-hydrogen) atoms. The van der Waals surface area contributed by atoms with Gasteiger partial charge in [0.15, 0.2) is 11.2 Å². The van der Waals surface area contributed by atoms with Crippen molar-refractivity contribution in [3.63, 3.8) is 0 Å². The second-order valence-corrected chi connectivity index (χ2v) is 6.69. The molecule has 0 aliphatic rings. The van der Waals surface area contributed by atoms with Crippen molar-refractivity contribution >= 4 is 21.2 Å². The van der Waals surface area contributed by atoms with Gasteiger partial charge in [-0.05, 0) is 24.3 Å². The normalized spacial score (nSPS) is 12.0. The van der Waals surface area contributed by atoms with Crippen LogP contribution >= 0.6 is 0 Å². The number of imidazole rings is 1. The van der Waals surface area contributed by atoms with Gasteiger partial charge in [-0.15, -0.1) is 0 Å². The van der Waals surface area contributed by atoms with Crippen LogP contribution in [-0.2, 0) is 24.1 Å².